The summed E-state index contributed by atoms with van der Waals surface area (Å²) in [6, 6.07) is 11.9. The molecule has 2 N–H and O–H groups in total. The lowest BCUT2D eigenvalue weighted by Gasteiger charge is -2.12. The first-order valence-corrected chi connectivity index (χ1v) is 8.81. The first-order chi connectivity index (χ1) is 11.3. The Bertz CT molecular complexity index is 830. The largest absolute Gasteiger partial charge is 0.497 e. The molecule has 1 amide bonds. The normalized spacial score (nSPS) is 11.1. The summed E-state index contributed by atoms with van der Waals surface area (Å²) in [5.41, 5.74) is 1.86. The fraction of sp³-hybridized carbons (Fsp3) is 0.235. The van der Waals surface area contributed by atoms with E-state index in [1.807, 2.05) is 0 Å². The van der Waals surface area contributed by atoms with Crippen LogP contribution < -0.4 is 14.8 Å². The van der Waals surface area contributed by atoms with Gasteiger partial charge in [-0.25, -0.2) is 13.1 Å². The second kappa shape index (κ2) is 7.46. The Morgan fingerprint density at radius 2 is 1.79 bits per heavy atom. The molecule has 0 spiro atoms. The Morgan fingerprint density at radius 1 is 1.12 bits per heavy atom. The third-order valence-electron chi connectivity index (χ3n) is 3.42. The third-order valence-corrected chi connectivity index (χ3v) is 4.97. The monoisotopic (exact) mass is 348 g/mol. The van der Waals surface area contributed by atoms with E-state index < -0.39 is 10.0 Å². The number of nitrogens with one attached hydrogen (secondary N) is 2. The number of carbonyl (C=O) groups excluding carboxylic acids is 1. The summed E-state index contributed by atoms with van der Waals surface area (Å²) in [7, 11) is -2.12. The van der Waals surface area contributed by atoms with Crippen LogP contribution in [-0.4, -0.2) is 21.4 Å². The van der Waals surface area contributed by atoms with Gasteiger partial charge < -0.3 is 10.1 Å². The molecule has 128 valence electrons. The molecule has 0 saturated carbocycles. The van der Waals surface area contributed by atoms with Gasteiger partial charge >= 0.3 is 0 Å². The molecule has 0 aromatic heterocycles. The number of sulfonamides is 1. The van der Waals surface area contributed by atoms with Gasteiger partial charge in [-0.2, -0.15) is 0 Å². The zero-order chi connectivity index (χ0) is 17.7. The summed E-state index contributed by atoms with van der Waals surface area (Å²) in [5, 5.41) is 2.59. The number of hydrogen-bond acceptors (Lipinski definition) is 4. The van der Waals surface area contributed by atoms with E-state index in [1.54, 1.807) is 50.4 Å². The van der Waals surface area contributed by atoms with Crippen LogP contribution >= 0.6 is 0 Å². The molecule has 7 heteroatoms. The predicted octanol–water partition coefficient (Wildman–Crippen LogP) is 2.44. The molecule has 6 nitrogen and oxygen atoms in total. The van der Waals surface area contributed by atoms with Crippen LogP contribution in [0.5, 0.6) is 5.75 Å². The fourth-order valence-electron chi connectivity index (χ4n) is 2.17. The number of anilines is 1. The highest BCUT2D eigenvalue weighted by molar-refractivity contribution is 7.89. The summed E-state index contributed by atoms with van der Waals surface area (Å²) < 4.78 is 32.7. The van der Waals surface area contributed by atoms with Crippen molar-refractivity contribution in [3.8, 4) is 5.75 Å². The van der Waals surface area contributed by atoms with Crippen molar-refractivity contribution < 1.29 is 17.9 Å². The zero-order valence-corrected chi connectivity index (χ0v) is 14.6. The van der Waals surface area contributed by atoms with Crippen LogP contribution in [-0.2, 0) is 21.4 Å². The minimum atomic E-state index is -3.70. The lowest BCUT2D eigenvalue weighted by atomic mass is 10.2. The highest BCUT2D eigenvalue weighted by Crippen LogP contribution is 2.20. The topological polar surface area (TPSA) is 84.5 Å². The van der Waals surface area contributed by atoms with Crippen molar-refractivity contribution in [1.29, 1.82) is 0 Å². The summed E-state index contributed by atoms with van der Waals surface area (Å²) >= 11 is 0. The standard InChI is InChI=1S/C17H20N2O4S/c1-12-4-7-15(19-13(2)20)10-17(12)24(21,22)18-11-14-5-8-16(23-3)9-6-14/h4-10,18H,11H2,1-3H3,(H,19,20). The number of benzene rings is 2. The van der Waals surface area contributed by atoms with Gasteiger partial charge in [0.1, 0.15) is 5.75 Å². The van der Waals surface area contributed by atoms with Gasteiger partial charge in [-0.15, -0.1) is 0 Å². The average molecular weight is 348 g/mol. The average Bonchev–Trinajstić information content (AvgIpc) is 2.54. The fourth-order valence-corrected chi connectivity index (χ4v) is 3.46. The van der Waals surface area contributed by atoms with Crippen molar-refractivity contribution in [2.45, 2.75) is 25.3 Å². The van der Waals surface area contributed by atoms with Gasteiger partial charge in [0.2, 0.25) is 15.9 Å². The molecule has 0 aliphatic carbocycles. The summed E-state index contributed by atoms with van der Waals surface area (Å²) in [6.07, 6.45) is 0. The molecular weight excluding hydrogens is 328 g/mol. The zero-order valence-electron chi connectivity index (χ0n) is 13.8. The summed E-state index contributed by atoms with van der Waals surface area (Å²) in [5.74, 6) is 0.453. The molecule has 0 saturated heterocycles. The minimum Gasteiger partial charge on any atom is -0.497 e. The molecule has 0 radical (unpaired) electrons. The molecule has 2 aromatic rings. The van der Waals surface area contributed by atoms with E-state index in [2.05, 4.69) is 10.0 Å². The maximum atomic E-state index is 12.5. The number of rotatable bonds is 6. The molecular formula is C17H20N2O4S. The second-order valence-corrected chi connectivity index (χ2v) is 7.07. The van der Waals surface area contributed by atoms with Gasteiger partial charge in [-0.3, -0.25) is 4.79 Å². The van der Waals surface area contributed by atoms with Crippen LogP contribution in [0.4, 0.5) is 5.69 Å². The molecule has 0 aliphatic heterocycles. The van der Waals surface area contributed by atoms with Gasteiger partial charge in [0.05, 0.1) is 12.0 Å². The molecule has 0 bridgehead atoms. The molecule has 0 aliphatic rings. The molecule has 0 unspecified atom stereocenters. The first kappa shape index (κ1) is 18.0. The lowest BCUT2D eigenvalue weighted by molar-refractivity contribution is -0.114. The van der Waals surface area contributed by atoms with Gasteiger partial charge in [-0.1, -0.05) is 18.2 Å². The lowest BCUT2D eigenvalue weighted by Crippen LogP contribution is -2.24. The molecule has 24 heavy (non-hydrogen) atoms. The number of hydrogen-bond donors (Lipinski definition) is 2. The number of carbonyl (C=O) groups is 1. The van der Waals surface area contributed by atoms with Crippen LogP contribution in [0.3, 0.4) is 0 Å². The second-order valence-electron chi connectivity index (χ2n) is 5.33. The maximum absolute atomic E-state index is 12.5. The van der Waals surface area contributed by atoms with E-state index in [-0.39, 0.29) is 17.3 Å². The summed E-state index contributed by atoms with van der Waals surface area (Å²) in [4.78, 5) is 11.3. The van der Waals surface area contributed by atoms with E-state index in [0.717, 1.165) is 5.56 Å². The Kier molecular flexibility index (Phi) is 5.58. The number of aryl methyl sites for hydroxylation is 1. The Labute approximate surface area is 141 Å². The van der Waals surface area contributed by atoms with Crippen molar-refractivity contribution in [3.05, 3.63) is 53.6 Å². The van der Waals surface area contributed by atoms with Crippen LogP contribution in [0.1, 0.15) is 18.1 Å². The van der Waals surface area contributed by atoms with Gasteiger partial charge in [-0.05, 0) is 42.3 Å². The van der Waals surface area contributed by atoms with Crippen molar-refractivity contribution in [3.63, 3.8) is 0 Å². The van der Waals surface area contributed by atoms with E-state index in [0.29, 0.717) is 17.0 Å². The van der Waals surface area contributed by atoms with Crippen molar-refractivity contribution in [2.75, 3.05) is 12.4 Å². The SMILES string of the molecule is COc1ccc(CNS(=O)(=O)c2cc(NC(C)=O)ccc2C)cc1. The molecule has 0 fully saturated rings. The Balaban J connectivity index is 2.18. The van der Waals surface area contributed by atoms with E-state index in [9.17, 15) is 13.2 Å². The van der Waals surface area contributed by atoms with Crippen LogP contribution in [0, 0.1) is 6.92 Å². The van der Waals surface area contributed by atoms with Crippen LogP contribution in [0.15, 0.2) is 47.4 Å². The predicted molar refractivity (Wildman–Crippen MR) is 92.5 cm³/mol. The molecule has 2 rings (SSSR count). The highest BCUT2D eigenvalue weighted by atomic mass is 32.2. The smallest absolute Gasteiger partial charge is 0.241 e. The van der Waals surface area contributed by atoms with Crippen LogP contribution in [0.25, 0.3) is 0 Å². The van der Waals surface area contributed by atoms with Crippen LogP contribution in [0.2, 0.25) is 0 Å². The summed E-state index contributed by atoms with van der Waals surface area (Å²) in [6.45, 7) is 3.24. The van der Waals surface area contributed by atoms with Gasteiger partial charge in [0.25, 0.3) is 0 Å². The van der Waals surface area contributed by atoms with Gasteiger partial charge in [0, 0.05) is 19.2 Å². The first-order valence-electron chi connectivity index (χ1n) is 7.32. The van der Waals surface area contributed by atoms with Crippen molar-refractivity contribution >= 4 is 21.6 Å². The third kappa shape index (κ3) is 4.56. The number of ether oxygens (including phenoxy) is 1. The van der Waals surface area contributed by atoms with E-state index >= 15 is 0 Å². The van der Waals surface area contributed by atoms with E-state index in [1.165, 1.54) is 13.0 Å². The molecule has 0 heterocycles. The number of amides is 1. The van der Waals surface area contributed by atoms with Crippen molar-refractivity contribution in [1.82, 2.24) is 4.72 Å². The minimum absolute atomic E-state index is 0.141. The van der Waals surface area contributed by atoms with Gasteiger partial charge in [0.15, 0.2) is 0 Å². The quantitative estimate of drug-likeness (QED) is 0.840. The molecule has 0 atom stereocenters. The Hall–Kier alpha value is -2.38. The maximum Gasteiger partial charge on any atom is 0.241 e. The highest BCUT2D eigenvalue weighted by Gasteiger charge is 2.17. The number of methoxy groups -OCH3 is 1. The van der Waals surface area contributed by atoms with Crippen molar-refractivity contribution in [2.24, 2.45) is 0 Å². The molecule has 2 aromatic carbocycles. The van der Waals surface area contributed by atoms with E-state index in [4.69, 9.17) is 4.74 Å². The Morgan fingerprint density at radius 3 is 2.38 bits per heavy atom.